The van der Waals surface area contributed by atoms with E-state index >= 15 is 8.78 Å². The fourth-order valence-corrected chi connectivity index (χ4v) is 7.12. The van der Waals surface area contributed by atoms with Crippen molar-refractivity contribution in [3.05, 3.63) is 58.8 Å². The maximum atomic E-state index is 15.7. The molecule has 3 aliphatic heterocycles. The first-order valence-electron chi connectivity index (χ1n) is 15.7. The predicted octanol–water partition coefficient (Wildman–Crippen LogP) is 6.14. The number of benzene rings is 2. The molecule has 12 heteroatoms. The van der Waals surface area contributed by atoms with Gasteiger partial charge in [-0.2, -0.15) is 8.78 Å². The average molecular weight is 661 g/mol. The molecule has 3 aliphatic rings. The number of nitrogens with one attached hydrogen (secondary N) is 1. The topological polar surface area (TPSA) is 110 Å². The molecule has 0 radical (unpaired) electrons. The van der Waals surface area contributed by atoms with Crippen LogP contribution in [-0.4, -0.2) is 65.4 Å². The lowest BCUT2D eigenvalue weighted by Gasteiger charge is -2.41. The van der Waals surface area contributed by atoms with Gasteiger partial charge in [0.15, 0.2) is 17.3 Å². The number of piperidine rings is 1. The molecule has 0 spiro atoms. The number of fused-ring (bicyclic) bond motifs is 4. The molecule has 4 atom stereocenters. The van der Waals surface area contributed by atoms with Gasteiger partial charge in [-0.1, -0.05) is 17.7 Å². The highest BCUT2D eigenvalue weighted by Gasteiger charge is 2.48. The summed E-state index contributed by atoms with van der Waals surface area (Å²) in [6.45, 7) is 6.37. The maximum Gasteiger partial charge on any atom is 0.380 e. The Morgan fingerprint density at radius 3 is 2.43 bits per heavy atom. The number of ether oxygens (including phenoxy) is 3. The van der Waals surface area contributed by atoms with E-state index in [0.29, 0.717) is 47.1 Å². The summed E-state index contributed by atoms with van der Waals surface area (Å²) in [5.41, 5.74) is -0.00195. The van der Waals surface area contributed by atoms with Gasteiger partial charge in [0.1, 0.15) is 30.5 Å². The smallest absolute Gasteiger partial charge is 0.380 e. The van der Waals surface area contributed by atoms with Crippen LogP contribution in [0.3, 0.4) is 0 Å². The number of carbonyl (C=O) groups excluding carboxylic acids is 2. The molecule has 1 aromatic heterocycles. The molecule has 2 saturated heterocycles. The molecule has 2 N–H and O–H groups in total. The van der Waals surface area contributed by atoms with Crippen molar-refractivity contribution in [3.8, 4) is 11.5 Å². The molecule has 2 bridgehead atoms. The molecule has 2 fully saturated rings. The van der Waals surface area contributed by atoms with E-state index < -0.39 is 35.3 Å². The largest absolute Gasteiger partial charge is 0.486 e. The van der Waals surface area contributed by atoms with Crippen LogP contribution >= 0.6 is 11.6 Å². The molecule has 6 rings (SSSR count). The van der Waals surface area contributed by atoms with Crippen LogP contribution in [0.4, 0.5) is 8.78 Å². The fourth-order valence-electron chi connectivity index (χ4n) is 6.94. The Balaban J connectivity index is 1.22. The summed E-state index contributed by atoms with van der Waals surface area (Å²) in [4.78, 5) is 28.1. The Kier molecular flexibility index (Phi) is 8.95. The van der Waals surface area contributed by atoms with E-state index in [1.165, 1.54) is 18.2 Å². The summed E-state index contributed by atoms with van der Waals surface area (Å²) in [6.07, 6.45) is 2.17. The highest BCUT2D eigenvalue weighted by molar-refractivity contribution is 6.31. The summed E-state index contributed by atoms with van der Waals surface area (Å²) in [5.74, 6) is -5.60. The maximum absolute atomic E-state index is 15.7. The van der Waals surface area contributed by atoms with Crippen LogP contribution in [0.5, 0.6) is 11.5 Å². The predicted molar refractivity (Wildman–Crippen MR) is 166 cm³/mol. The molecule has 9 nitrogen and oxygen atoms in total. The molecule has 0 aliphatic carbocycles. The van der Waals surface area contributed by atoms with E-state index in [1.807, 2.05) is 20.8 Å². The van der Waals surface area contributed by atoms with Crippen LogP contribution in [0.2, 0.25) is 5.02 Å². The van der Waals surface area contributed by atoms with Crippen molar-refractivity contribution < 1.29 is 42.1 Å². The number of amides is 1. The van der Waals surface area contributed by atoms with E-state index in [-0.39, 0.29) is 36.1 Å². The van der Waals surface area contributed by atoms with E-state index in [2.05, 4.69) is 10.2 Å². The van der Waals surface area contributed by atoms with E-state index in [0.717, 1.165) is 31.7 Å². The molecule has 2 aromatic carbocycles. The number of aliphatic hydroxyl groups excluding tert-OH is 1. The lowest BCUT2D eigenvalue weighted by atomic mass is 9.87. The third-order valence-electron chi connectivity index (χ3n) is 8.94. The number of halogens is 3. The monoisotopic (exact) mass is 660 g/mol. The van der Waals surface area contributed by atoms with Gasteiger partial charge in [0.25, 0.3) is 5.91 Å². The summed E-state index contributed by atoms with van der Waals surface area (Å²) >= 11 is 6.01. The van der Waals surface area contributed by atoms with E-state index in [9.17, 15) is 14.7 Å². The van der Waals surface area contributed by atoms with Crippen LogP contribution in [0.15, 0.2) is 46.9 Å². The van der Waals surface area contributed by atoms with Gasteiger partial charge >= 0.3 is 11.9 Å². The van der Waals surface area contributed by atoms with E-state index in [1.54, 1.807) is 18.2 Å². The number of hydrogen-bond acceptors (Lipinski definition) is 8. The Hall–Kier alpha value is -3.41. The zero-order valence-electron chi connectivity index (χ0n) is 26.1. The molecule has 4 heterocycles. The first kappa shape index (κ1) is 32.5. The number of alkyl halides is 2. The molecule has 2 unspecified atom stereocenters. The van der Waals surface area contributed by atoms with Crippen molar-refractivity contribution in [2.45, 2.75) is 88.6 Å². The van der Waals surface area contributed by atoms with Crippen molar-refractivity contribution in [2.75, 3.05) is 19.8 Å². The first-order chi connectivity index (χ1) is 21.8. The highest BCUT2D eigenvalue weighted by atomic mass is 35.5. The van der Waals surface area contributed by atoms with Gasteiger partial charge < -0.3 is 29.1 Å². The minimum atomic E-state index is -4.03. The molecule has 3 aromatic rings. The van der Waals surface area contributed by atoms with Crippen LogP contribution in [-0.2, 0) is 20.2 Å². The number of furan rings is 1. The summed E-state index contributed by atoms with van der Waals surface area (Å²) in [5, 5.41) is 14.8. The zero-order chi connectivity index (χ0) is 32.8. The van der Waals surface area contributed by atoms with Gasteiger partial charge in [-0.3, -0.25) is 14.5 Å². The number of hydrogen-bond donors (Lipinski definition) is 2. The van der Waals surface area contributed by atoms with Crippen molar-refractivity contribution in [1.29, 1.82) is 0 Å². The normalized spacial score (nSPS) is 22.8. The molecular weight excluding hydrogens is 622 g/mol. The van der Waals surface area contributed by atoms with Gasteiger partial charge in [0.05, 0.1) is 6.04 Å². The second-order valence-corrected chi connectivity index (χ2v) is 13.9. The highest BCUT2D eigenvalue weighted by Crippen LogP contribution is 2.42. The van der Waals surface area contributed by atoms with Gasteiger partial charge in [-0.05, 0) is 94.3 Å². The first-order valence-corrected chi connectivity index (χ1v) is 16.1. The zero-order valence-corrected chi connectivity index (χ0v) is 26.8. The van der Waals surface area contributed by atoms with Crippen molar-refractivity contribution in [3.63, 3.8) is 0 Å². The number of esters is 1. The summed E-state index contributed by atoms with van der Waals surface area (Å²) < 4.78 is 53.5. The number of aliphatic hydroxyl groups is 1. The third-order valence-corrected chi connectivity index (χ3v) is 9.18. The minimum absolute atomic E-state index is 0.0682. The lowest BCUT2D eigenvalue weighted by molar-refractivity contribution is -0.156. The van der Waals surface area contributed by atoms with Gasteiger partial charge in [0.2, 0.25) is 0 Å². The van der Waals surface area contributed by atoms with Crippen molar-refractivity contribution >= 4 is 34.4 Å². The molecular formula is C34H39ClF2N2O7. The van der Waals surface area contributed by atoms with Crippen LogP contribution in [0.25, 0.3) is 11.0 Å². The fraction of sp³-hybridized carbons (Fsp3) is 0.529. The molecule has 1 amide bonds. The second kappa shape index (κ2) is 12.7. The van der Waals surface area contributed by atoms with Gasteiger partial charge in [-0.15, -0.1) is 0 Å². The average Bonchev–Trinajstić information content (AvgIpc) is 3.52. The van der Waals surface area contributed by atoms with Crippen LogP contribution in [0, 0.1) is 5.92 Å². The summed E-state index contributed by atoms with van der Waals surface area (Å²) in [7, 11) is 0. The Labute approximate surface area is 271 Å². The van der Waals surface area contributed by atoms with Crippen LogP contribution in [0.1, 0.15) is 70.3 Å². The standard InChI is InChI=1S/C34H39ClF2N2O7/c1-33(2,3)46-30(40)14-19-12-23-6-7-24(13-19)39(23)18-25(31(41)20-4-8-27-28(16-20)44-11-10-43-27)38-32(42)34(36,37)29-17-21-15-22(35)5-9-26(21)45-29/h4-5,8-9,15-17,19,23-25,31,41H,6-7,10-14,18H2,1-3H3,(H,38,42)/t19?,23?,24?,25-,31-/m1/s1. The third kappa shape index (κ3) is 6.96. The number of rotatable bonds is 9. The van der Waals surface area contributed by atoms with E-state index in [4.69, 9.17) is 30.2 Å². The van der Waals surface area contributed by atoms with Gasteiger partial charge in [0, 0.05) is 35.5 Å². The second-order valence-electron chi connectivity index (χ2n) is 13.5. The van der Waals surface area contributed by atoms with Crippen LogP contribution < -0.4 is 14.8 Å². The molecule has 0 saturated carbocycles. The number of carbonyl (C=O) groups is 2. The Bertz CT molecular complexity index is 1590. The van der Waals surface area contributed by atoms with Crippen molar-refractivity contribution in [1.82, 2.24) is 10.2 Å². The Morgan fingerprint density at radius 2 is 1.74 bits per heavy atom. The minimum Gasteiger partial charge on any atom is -0.486 e. The number of nitrogens with zero attached hydrogens (tertiary/aromatic N) is 1. The Morgan fingerprint density at radius 1 is 1.04 bits per heavy atom. The lowest BCUT2D eigenvalue weighted by Crippen LogP contribution is -2.54. The summed E-state index contributed by atoms with van der Waals surface area (Å²) in [6, 6.07) is 9.50. The SMILES string of the molecule is CC(C)(C)OC(=O)CC1CC2CCC(C1)N2C[C@@H](NC(=O)C(F)(F)c1cc2cc(Cl)ccc2o1)[C@H](O)c1ccc2c(c1)OCCO2. The quantitative estimate of drug-likeness (QED) is 0.263. The molecule has 248 valence electrons. The molecule has 46 heavy (non-hydrogen) atoms. The van der Waals surface area contributed by atoms with Crippen molar-refractivity contribution in [2.24, 2.45) is 5.92 Å². The van der Waals surface area contributed by atoms with Gasteiger partial charge in [-0.25, -0.2) is 0 Å².